The van der Waals surface area contributed by atoms with Crippen LogP contribution in [-0.2, 0) is 4.74 Å². The Morgan fingerprint density at radius 2 is 2.22 bits per heavy atom. The quantitative estimate of drug-likeness (QED) is 0.880. The second-order valence-electron chi connectivity index (χ2n) is 5.80. The Morgan fingerprint density at radius 3 is 2.91 bits per heavy atom. The van der Waals surface area contributed by atoms with Gasteiger partial charge >= 0.3 is 0 Å². The molecule has 2 N–H and O–H groups in total. The molecule has 0 spiro atoms. The average Bonchev–Trinajstić information content (AvgIpc) is 3.00. The van der Waals surface area contributed by atoms with Crippen molar-refractivity contribution in [2.24, 2.45) is 0 Å². The molecule has 6 heteroatoms. The van der Waals surface area contributed by atoms with Gasteiger partial charge in [0.15, 0.2) is 0 Å². The highest BCUT2D eigenvalue weighted by Crippen LogP contribution is 2.34. The molecule has 2 aromatic rings. The molecule has 2 heterocycles. The number of rotatable bonds is 5. The van der Waals surface area contributed by atoms with Crippen molar-refractivity contribution in [3.8, 4) is 0 Å². The van der Waals surface area contributed by atoms with Crippen LogP contribution in [0.25, 0.3) is 10.9 Å². The summed E-state index contributed by atoms with van der Waals surface area (Å²) in [5.74, 6) is 0.497. The number of halogens is 1. The third-order valence-corrected chi connectivity index (χ3v) is 5.73. The van der Waals surface area contributed by atoms with Crippen LogP contribution >= 0.6 is 11.8 Å². The summed E-state index contributed by atoms with van der Waals surface area (Å²) >= 11 is 1.88. The van der Waals surface area contributed by atoms with E-state index in [9.17, 15) is 9.18 Å². The predicted molar refractivity (Wildman–Crippen MR) is 91.5 cm³/mol. The van der Waals surface area contributed by atoms with Gasteiger partial charge in [-0.1, -0.05) is 13.0 Å². The number of ether oxygens (including phenoxy) is 1. The highest BCUT2D eigenvalue weighted by molar-refractivity contribution is 8.00. The number of aromatic amines is 1. The molecule has 1 aromatic carbocycles. The molecular weight excluding hydrogens is 315 g/mol. The van der Waals surface area contributed by atoms with E-state index in [1.165, 1.54) is 6.07 Å². The van der Waals surface area contributed by atoms with Gasteiger partial charge in [0.2, 0.25) is 0 Å². The number of fused-ring (bicyclic) bond motifs is 1. The van der Waals surface area contributed by atoms with E-state index >= 15 is 0 Å². The molecule has 1 fully saturated rings. The largest absolute Gasteiger partial charge is 0.381 e. The van der Waals surface area contributed by atoms with Crippen molar-refractivity contribution in [3.05, 3.63) is 35.8 Å². The van der Waals surface area contributed by atoms with Crippen molar-refractivity contribution in [3.63, 3.8) is 0 Å². The second kappa shape index (κ2) is 6.93. The van der Waals surface area contributed by atoms with Crippen molar-refractivity contribution in [2.75, 3.05) is 25.5 Å². The van der Waals surface area contributed by atoms with Gasteiger partial charge < -0.3 is 15.0 Å². The summed E-state index contributed by atoms with van der Waals surface area (Å²) in [6.45, 7) is 4.21. The Hall–Kier alpha value is -1.53. The number of hydrogen-bond donors (Lipinski definition) is 2. The summed E-state index contributed by atoms with van der Waals surface area (Å²) < 4.78 is 19.2. The predicted octanol–water partition coefficient (Wildman–Crippen LogP) is 3.34. The number of amides is 1. The highest BCUT2D eigenvalue weighted by atomic mass is 32.2. The normalized spacial score (nSPS) is 17.3. The van der Waals surface area contributed by atoms with E-state index in [2.05, 4.69) is 17.2 Å². The molecule has 1 amide bonds. The molecule has 1 aromatic heterocycles. The second-order valence-corrected chi connectivity index (χ2v) is 7.53. The van der Waals surface area contributed by atoms with E-state index in [0.717, 1.165) is 31.8 Å². The number of benzene rings is 1. The van der Waals surface area contributed by atoms with Crippen LogP contribution in [0.5, 0.6) is 0 Å². The van der Waals surface area contributed by atoms with Crippen LogP contribution < -0.4 is 5.32 Å². The van der Waals surface area contributed by atoms with Crippen LogP contribution in [-0.4, -0.2) is 41.1 Å². The number of carbonyl (C=O) groups is 1. The maximum Gasteiger partial charge on any atom is 0.267 e. The zero-order chi connectivity index (χ0) is 16.3. The molecule has 1 saturated heterocycles. The first-order valence-electron chi connectivity index (χ1n) is 7.91. The number of hydrogen-bond acceptors (Lipinski definition) is 3. The smallest absolute Gasteiger partial charge is 0.267 e. The van der Waals surface area contributed by atoms with Crippen LogP contribution in [0.2, 0.25) is 0 Å². The lowest BCUT2D eigenvalue weighted by molar-refractivity contribution is 0.0740. The fraction of sp³-hybridized carbons (Fsp3) is 0.471. The van der Waals surface area contributed by atoms with Gasteiger partial charge in [-0.3, -0.25) is 4.79 Å². The number of nitrogens with one attached hydrogen (secondary N) is 2. The van der Waals surface area contributed by atoms with Crippen LogP contribution in [0.1, 0.15) is 30.3 Å². The fourth-order valence-corrected chi connectivity index (χ4v) is 4.24. The number of H-pyrrole nitrogens is 1. The van der Waals surface area contributed by atoms with E-state index in [1.54, 1.807) is 18.2 Å². The van der Waals surface area contributed by atoms with E-state index in [0.29, 0.717) is 23.1 Å². The lowest BCUT2D eigenvalue weighted by Gasteiger charge is -2.36. The van der Waals surface area contributed by atoms with Crippen LogP contribution in [0.3, 0.4) is 0 Å². The van der Waals surface area contributed by atoms with Gasteiger partial charge in [0, 0.05) is 35.4 Å². The van der Waals surface area contributed by atoms with Crippen LogP contribution in [0.15, 0.2) is 24.3 Å². The molecule has 124 valence electrons. The summed E-state index contributed by atoms with van der Waals surface area (Å²) in [4.78, 5) is 15.4. The molecule has 23 heavy (non-hydrogen) atoms. The minimum atomic E-state index is -0.319. The van der Waals surface area contributed by atoms with Gasteiger partial charge in [0.1, 0.15) is 11.5 Å². The molecule has 0 radical (unpaired) electrons. The SMILES string of the molecule is CCSC1(CNC(=O)c2cc3c(F)cccc3[nH]2)CCOCC1. The third-order valence-electron chi connectivity index (χ3n) is 4.28. The summed E-state index contributed by atoms with van der Waals surface area (Å²) in [7, 11) is 0. The first-order valence-corrected chi connectivity index (χ1v) is 8.89. The fourth-order valence-electron chi connectivity index (χ4n) is 3.00. The monoisotopic (exact) mass is 336 g/mol. The molecule has 1 aliphatic heterocycles. The molecule has 3 rings (SSSR count). The molecule has 0 bridgehead atoms. The first-order chi connectivity index (χ1) is 11.1. The van der Waals surface area contributed by atoms with Crippen molar-refractivity contribution in [1.82, 2.24) is 10.3 Å². The molecule has 0 saturated carbocycles. The third kappa shape index (κ3) is 3.53. The van der Waals surface area contributed by atoms with Crippen molar-refractivity contribution >= 4 is 28.6 Å². The van der Waals surface area contributed by atoms with Crippen LogP contribution in [0, 0.1) is 5.82 Å². The van der Waals surface area contributed by atoms with Gasteiger partial charge in [0.25, 0.3) is 5.91 Å². The first kappa shape index (κ1) is 16.3. The molecule has 4 nitrogen and oxygen atoms in total. The van der Waals surface area contributed by atoms with Crippen molar-refractivity contribution < 1.29 is 13.9 Å². The lowest BCUT2D eigenvalue weighted by Crippen LogP contribution is -2.44. The minimum absolute atomic E-state index is 0.0416. The Balaban J connectivity index is 1.71. The summed E-state index contributed by atoms with van der Waals surface area (Å²) in [5.41, 5.74) is 1.03. The zero-order valence-electron chi connectivity index (χ0n) is 13.2. The number of aromatic nitrogens is 1. The molecule has 0 unspecified atom stereocenters. The lowest BCUT2D eigenvalue weighted by atomic mass is 9.99. The Bertz CT molecular complexity index is 689. The van der Waals surface area contributed by atoms with E-state index in [1.807, 2.05) is 11.8 Å². The van der Waals surface area contributed by atoms with E-state index in [-0.39, 0.29) is 16.5 Å². The van der Waals surface area contributed by atoms with Crippen LogP contribution in [0.4, 0.5) is 4.39 Å². The van der Waals surface area contributed by atoms with Gasteiger partial charge in [0.05, 0.1) is 0 Å². The summed E-state index contributed by atoms with van der Waals surface area (Å²) in [6, 6.07) is 6.36. The molecule has 0 aliphatic carbocycles. The van der Waals surface area contributed by atoms with E-state index < -0.39 is 0 Å². The number of thioether (sulfide) groups is 1. The maximum absolute atomic E-state index is 13.7. The summed E-state index contributed by atoms with van der Waals surface area (Å²) in [6.07, 6.45) is 1.88. The van der Waals surface area contributed by atoms with E-state index in [4.69, 9.17) is 4.74 Å². The number of carbonyl (C=O) groups excluding carboxylic acids is 1. The standard InChI is InChI=1S/C17H21FN2O2S/c1-2-23-17(6-8-22-9-7-17)11-19-16(21)15-10-12-13(18)4-3-5-14(12)20-15/h3-5,10,20H,2,6-9,11H2,1H3,(H,19,21). The van der Waals surface area contributed by atoms with Gasteiger partial charge in [-0.2, -0.15) is 11.8 Å². The maximum atomic E-state index is 13.7. The van der Waals surface area contributed by atoms with Gasteiger partial charge in [-0.25, -0.2) is 4.39 Å². The Labute approximate surface area is 139 Å². The van der Waals surface area contributed by atoms with Gasteiger partial charge in [-0.15, -0.1) is 0 Å². The van der Waals surface area contributed by atoms with Crippen molar-refractivity contribution in [2.45, 2.75) is 24.5 Å². The average molecular weight is 336 g/mol. The van der Waals surface area contributed by atoms with Gasteiger partial charge in [-0.05, 0) is 36.8 Å². The zero-order valence-corrected chi connectivity index (χ0v) is 14.0. The topological polar surface area (TPSA) is 54.1 Å². The highest BCUT2D eigenvalue weighted by Gasteiger charge is 2.33. The minimum Gasteiger partial charge on any atom is -0.381 e. The summed E-state index contributed by atoms with van der Waals surface area (Å²) in [5, 5.41) is 3.45. The molecule has 0 atom stereocenters. The Morgan fingerprint density at radius 1 is 1.43 bits per heavy atom. The molecular formula is C17H21FN2O2S. The van der Waals surface area contributed by atoms with Crippen molar-refractivity contribution in [1.29, 1.82) is 0 Å². The molecule has 1 aliphatic rings. The Kier molecular flexibility index (Phi) is 4.92.